The normalized spacial score (nSPS) is 16.1. The van der Waals surface area contributed by atoms with Crippen LogP contribution in [0.4, 0.5) is 10.6 Å². The summed E-state index contributed by atoms with van der Waals surface area (Å²) in [5.41, 5.74) is 3.25. The lowest BCUT2D eigenvalue weighted by atomic mass is 10.1. The summed E-state index contributed by atoms with van der Waals surface area (Å²) in [6.07, 6.45) is 8.16. The van der Waals surface area contributed by atoms with E-state index < -0.39 is 5.60 Å². The number of amides is 1. The van der Waals surface area contributed by atoms with E-state index in [1.54, 1.807) is 29.7 Å². The molecule has 2 aliphatic rings. The molecule has 0 spiro atoms. The van der Waals surface area contributed by atoms with Crippen LogP contribution in [0, 0.1) is 0 Å². The number of fused-ring (bicyclic) bond motifs is 1. The number of allylic oxidation sites excluding steroid dienone is 1. The molecule has 0 aromatic carbocycles. The van der Waals surface area contributed by atoms with Gasteiger partial charge in [0, 0.05) is 62.6 Å². The van der Waals surface area contributed by atoms with Crippen molar-refractivity contribution >= 4 is 28.6 Å². The summed E-state index contributed by atoms with van der Waals surface area (Å²) in [6, 6.07) is 5.67. The fourth-order valence-corrected chi connectivity index (χ4v) is 4.95. The van der Waals surface area contributed by atoms with Crippen molar-refractivity contribution in [1.82, 2.24) is 39.4 Å². The Morgan fingerprint density at radius 1 is 0.951 bits per heavy atom. The molecule has 4 aromatic heterocycles. The van der Waals surface area contributed by atoms with Gasteiger partial charge in [0.2, 0.25) is 0 Å². The minimum atomic E-state index is -0.573. The van der Waals surface area contributed by atoms with E-state index in [-0.39, 0.29) is 6.09 Å². The quantitative estimate of drug-likeness (QED) is 0.364. The number of rotatable bonds is 4. The number of anilines is 1. The van der Waals surface area contributed by atoms with E-state index in [2.05, 4.69) is 14.9 Å². The predicted molar refractivity (Wildman–Crippen MR) is 154 cm³/mol. The van der Waals surface area contributed by atoms with E-state index in [4.69, 9.17) is 29.4 Å². The number of hydrogen-bond acceptors (Lipinski definition) is 10. The van der Waals surface area contributed by atoms with E-state index in [0.29, 0.717) is 55.8 Å². The largest absolute Gasteiger partial charge is 0.443 e. The van der Waals surface area contributed by atoms with Crippen molar-refractivity contribution in [3.8, 4) is 22.9 Å². The molecule has 2 aliphatic heterocycles. The van der Waals surface area contributed by atoms with Gasteiger partial charge >= 0.3 is 6.09 Å². The molecule has 4 aromatic rings. The maximum absolute atomic E-state index is 12.7. The third-order valence-corrected chi connectivity index (χ3v) is 6.91. The Bertz CT molecular complexity index is 1610. The smallest absolute Gasteiger partial charge is 0.414 e. The van der Waals surface area contributed by atoms with Crippen LogP contribution in [0.5, 0.6) is 0 Å². The second kappa shape index (κ2) is 10.8. The molecule has 212 valence electrons. The molecule has 12 heteroatoms. The highest BCUT2D eigenvalue weighted by atomic mass is 16.6. The highest BCUT2D eigenvalue weighted by molar-refractivity contribution is 5.88. The van der Waals surface area contributed by atoms with Gasteiger partial charge in [-0.15, -0.1) is 0 Å². The van der Waals surface area contributed by atoms with Crippen LogP contribution < -0.4 is 4.90 Å². The highest BCUT2D eigenvalue weighted by Gasteiger charge is 2.26. The standard InChI is InChI=1S/C29H33N9O3/c1-29(2,3)41-28(39)38-13-5-6-20(18-38)23-31-12-9-21(32-23)24-34-26-22(27(35-24)37-14-16-40-17-15-37)33-25(36(26)4)19-7-10-30-11-8-19/h7-12,18H,5-6,13-17H2,1-4H3. The average molecular weight is 556 g/mol. The molecule has 12 nitrogen and oxygen atoms in total. The maximum atomic E-state index is 12.7. The minimum Gasteiger partial charge on any atom is -0.443 e. The number of hydrogen-bond donors (Lipinski definition) is 0. The molecule has 1 fully saturated rings. The molecule has 0 radical (unpaired) electrons. The Morgan fingerprint density at radius 2 is 1.73 bits per heavy atom. The van der Waals surface area contributed by atoms with Gasteiger partial charge in [0.1, 0.15) is 17.1 Å². The second-order valence-corrected chi connectivity index (χ2v) is 11.1. The molecule has 0 bridgehead atoms. The second-order valence-electron chi connectivity index (χ2n) is 11.1. The van der Waals surface area contributed by atoms with Crippen LogP contribution in [0.2, 0.25) is 0 Å². The van der Waals surface area contributed by atoms with Crippen LogP contribution in [0.25, 0.3) is 39.6 Å². The number of aryl methyl sites for hydroxylation is 1. The number of morpholine rings is 1. The lowest BCUT2D eigenvalue weighted by Gasteiger charge is -2.28. The summed E-state index contributed by atoms with van der Waals surface area (Å²) >= 11 is 0. The van der Waals surface area contributed by atoms with Crippen LogP contribution in [-0.2, 0) is 16.5 Å². The Kier molecular flexibility index (Phi) is 7.08. The van der Waals surface area contributed by atoms with Crippen LogP contribution in [0.15, 0.2) is 43.0 Å². The number of aromatic nitrogens is 7. The minimum absolute atomic E-state index is 0.379. The molecule has 6 heterocycles. The van der Waals surface area contributed by atoms with Crippen LogP contribution >= 0.6 is 0 Å². The van der Waals surface area contributed by atoms with Crippen molar-refractivity contribution in [3.63, 3.8) is 0 Å². The molecule has 41 heavy (non-hydrogen) atoms. The third kappa shape index (κ3) is 5.60. The number of nitrogens with zero attached hydrogens (tertiary/aromatic N) is 9. The number of pyridine rings is 1. The van der Waals surface area contributed by atoms with E-state index in [1.165, 1.54) is 0 Å². The molecule has 0 saturated carbocycles. The summed E-state index contributed by atoms with van der Waals surface area (Å²) in [5.74, 6) is 2.54. The monoisotopic (exact) mass is 555 g/mol. The zero-order valence-electron chi connectivity index (χ0n) is 23.7. The van der Waals surface area contributed by atoms with Crippen LogP contribution in [0.1, 0.15) is 39.4 Å². The average Bonchev–Trinajstić information content (AvgIpc) is 3.33. The van der Waals surface area contributed by atoms with E-state index in [9.17, 15) is 4.79 Å². The lowest BCUT2D eigenvalue weighted by molar-refractivity contribution is 0.0329. The molecular formula is C29H33N9O3. The van der Waals surface area contributed by atoms with Gasteiger partial charge in [-0.05, 0) is 51.8 Å². The SMILES string of the molecule is Cn1c(-c2ccncc2)nc2c(N3CCOCC3)nc(-c3ccnc(C4=CN(C(=O)OC(C)(C)C)CCC4)n3)nc21. The Hall–Kier alpha value is -4.45. The fraction of sp³-hybridized carbons (Fsp3) is 0.414. The Balaban J connectivity index is 1.41. The fourth-order valence-electron chi connectivity index (χ4n) is 4.95. The maximum Gasteiger partial charge on any atom is 0.414 e. The highest BCUT2D eigenvalue weighted by Crippen LogP contribution is 2.31. The molecule has 0 aliphatic carbocycles. The summed E-state index contributed by atoms with van der Waals surface area (Å²) in [7, 11) is 1.95. The zero-order chi connectivity index (χ0) is 28.6. The Morgan fingerprint density at radius 3 is 2.49 bits per heavy atom. The Labute approximate surface area is 238 Å². The third-order valence-electron chi connectivity index (χ3n) is 6.91. The summed E-state index contributed by atoms with van der Waals surface area (Å²) in [5, 5.41) is 0. The van der Waals surface area contributed by atoms with Gasteiger partial charge < -0.3 is 18.9 Å². The topological polar surface area (TPSA) is 124 Å². The van der Waals surface area contributed by atoms with E-state index in [0.717, 1.165) is 41.1 Å². The summed E-state index contributed by atoms with van der Waals surface area (Å²) in [6.45, 7) is 8.80. The van der Waals surface area contributed by atoms with Crippen LogP contribution in [0.3, 0.4) is 0 Å². The first-order chi connectivity index (χ1) is 19.8. The molecule has 1 saturated heterocycles. The number of ether oxygens (including phenoxy) is 2. The molecule has 0 unspecified atom stereocenters. The molecule has 0 atom stereocenters. The first-order valence-electron chi connectivity index (χ1n) is 13.8. The number of carbonyl (C=O) groups is 1. The van der Waals surface area contributed by atoms with Gasteiger partial charge in [0.25, 0.3) is 0 Å². The van der Waals surface area contributed by atoms with Crippen LogP contribution in [-0.4, -0.2) is 83.9 Å². The molecule has 0 N–H and O–H groups in total. The summed E-state index contributed by atoms with van der Waals surface area (Å²) < 4.78 is 13.1. The first kappa shape index (κ1) is 26.8. The lowest BCUT2D eigenvalue weighted by Crippen LogP contribution is -2.37. The number of carbonyl (C=O) groups excluding carboxylic acids is 1. The number of imidazole rings is 1. The molecule has 1 amide bonds. The van der Waals surface area contributed by atoms with Gasteiger partial charge in [-0.2, -0.15) is 0 Å². The molecule has 6 rings (SSSR count). The zero-order valence-corrected chi connectivity index (χ0v) is 23.7. The van der Waals surface area contributed by atoms with E-state index in [1.807, 2.05) is 50.6 Å². The van der Waals surface area contributed by atoms with Crippen molar-refractivity contribution in [1.29, 1.82) is 0 Å². The van der Waals surface area contributed by atoms with Gasteiger partial charge in [-0.1, -0.05) is 0 Å². The van der Waals surface area contributed by atoms with Gasteiger partial charge in [-0.25, -0.2) is 29.7 Å². The predicted octanol–water partition coefficient (Wildman–Crippen LogP) is 4.09. The van der Waals surface area contributed by atoms with Crippen molar-refractivity contribution in [2.45, 2.75) is 39.2 Å². The van der Waals surface area contributed by atoms with Gasteiger partial charge in [0.05, 0.1) is 13.2 Å². The van der Waals surface area contributed by atoms with Gasteiger partial charge in [0.15, 0.2) is 28.6 Å². The van der Waals surface area contributed by atoms with Crippen molar-refractivity contribution < 1.29 is 14.3 Å². The first-order valence-corrected chi connectivity index (χ1v) is 13.8. The van der Waals surface area contributed by atoms with Crippen molar-refractivity contribution in [2.75, 3.05) is 37.7 Å². The van der Waals surface area contributed by atoms with Crippen molar-refractivity contribution in [3.05, 3.63) is 48.8 Å². The van der Waals surface area contributed by atoms with Gasteiger partial charge in [-0.3, -0.25) is 9.88 Å². The molecular weight excluding hydrogens is 522 g/mol. The van der Waals surface area contributed by atoms with E-state index >= 15 is 0 Å². The van der Waals surface area contributed by atoms with Crippen molar-refractivity contribution in [2.24, 2.45) is 7.05 Å². The summed E-state index contributed by atoms with van der Waals surface area (Å²) in [4.78, 5) is 44.9.